The third-order valence-corrected chi connectivity index (χ3v) is 2.73. The maximum atomic E-state index is 11.4. The van der Waals surface area contributed by atoms with Crippen molar-refractivity contribution in [2.75, 3.05) is 12.9 Å². The molecule has 1 atom stereocenters. The SMILES string of the molecule is COC(=O)CSC(C)CC(=O)OC(C)(C)C. The second-order valence-electron chi connectivity index (χ2n) is 4.49. The molecule has 0 N–H and O–H groups in total. The van der Waals surface area contributed by atoms with Crippen LogP contribution in [0.4, 0.5) is 0 Å². The first kappa shape index (κ1) is 15.3. The molecule has 0 heterocycles. The lowest BCUT2D eigenvalue weighted by atomic mass is 10.2. The van der Waals surface area contributed by atoms with E-state index in [1.807, 2.05) is 27.7 Å². The minimum atomic E-state index is -0.455. The van der Waals surface area contributed by atoms with Gasteiger partial charge in [0.25, 0.3) is 0 Å². The van der Waals surface area contributed by atoms with Crippen molar-refractivity contribution in [3.05, 3.63) is 0 Å². The molecule has 0 aliphatic carbocycles. The molecule has 0 amide bonds. The van der Waals surface area contributed by atoms with E-state index in [9.17, 15) is 9.59 Å². The summed E-state index contributed by atoms with van der Waals surface area (Å²) in [5, 5.41) is 0.0500. The van der Waals surface area contributed by atoms with Crippen LogP contribution in [0.2, 0.25) is 0 Å². The van der Waals surface area contributed by atoms with Crippen molar-refractivity contribution in [3.63, 3.8) is 0 Å². The summed E-state index contributed by atoms with van der Waals surface area (Å²) in [6, 6.07) is 0. The van der Waals surface area contributed by atoms with E-state index in [1.165, 1.54) is 18.9 Å². The maximum absolute atomic E-state index is 11.4. The van der Waals surface area contributed by atoms with Crippen LogP contribution in [0.3, 0.4) is 0 Å². The summed E-state index contributed by atoms with van der Waals surface area (Å²) in [5.74, 6) is -0.251. The number of methoxy groups -OCH3 is 1. The van der Waals surface area contributed by atoms with E-state index in [0.717, 1.165) is 0 Å². The molecule has 0 spiro atoms. The summed E-state index contributed by atoms with van der Waals surface area (Å²) in [5.41, 5.74) is -0.455. The average Bonchev–Trinajstić information content (AvgIpc) is 2.10. The van der Waals surface area contributed by atoms with Crippen molar-refractivity contribution in [2.24, 2.45) is 0 Å². The number of esters is 2. The predicted octanol–water partition coefficient (Wildman–Crippen LogP) is 2.01. The minimum absolute atomic E-state index is 0.0500. The lowest BCUT2D eigenvalue weighted by Gasteiger charge is -2.20. The Hall–Kier alpha value is -0.710. The molecular weight excluding hydrogens is 228 g/mol. The van der Waals surface area contributed by atoms with E-state index in [1.54, 1.807) is 0 Å². The highest BCUT2D eigenvalue weighted by atomic mass is 32.2. The molecule has 0 saturated heterocycles. The Balaban J connectivity index is 3.83. The van der Waals surface area contributed by atoms with Crippen molar-refractivity contribution in [1.29, 1.82) is 0 Å². The van der Waals surface area contributed by atoms with E-state index in [2.05, 4.69) is 4.74 Å². The molecule has 0 aromatic carbocycles. The molecule has 0 saturated carbocycles. The van der Waals surface area contributed by atoms with Gasteiger partial charge in [0.2, 0.25) is 0 Å². The fourth-order valence-corrected chi connectivity index (χ4v) is 1.74. The fourth-order valence-electron chi connectivity index (χ4n) is 0.946. The summed E-state index contributed by atoms with van der Waals surface area (Å²) >= 11 is 1.39. The lowest BCUT2D eigenvalue weighted by Crippen LogP contribution is -2.25. The Bertz CT molecular complexity index is 245. The molecule has 0 aromatic rings. The third kappa shape index (κ3) is 8.59. The molecule has 16 heavy (non-hydrogen) atoms. The van der Waals surface area contributed by atoms with Crippen LogP contribution >= 0.6 is 11.8 Å². The first-order chi connectivity index (χ1) is 7.24. The Morgan fingerprint density at radius 2 is 1.81 bits per heavy atom. The Morgan fingerprint density at radius 1 is 1.25 bits per heavy atom. The highest BCUT2D eigenvalue weighted by Crippen LogP contribution is 2.17. The van der Waals surface area contributed by atoms with Crippen molar-refractivity contribution in [3.8, 4) is 0 Å². The number of ether oxygens (including phenoxy) is 2. The standard InChI is InChI=1S/C11H20O4S/c1-8(16-7-10(13)14-5)6-9(12)15-11(2,3)4/h8H,6-7H2,1-5H3. The zero-order valence-corrected chi connectivity index (χ0v) is 11.3. The Kier molecular flexibility index (Phi) is 6.48. The molecule has 0 fully saturated rings. The maximum Gasteiger partial charge on any atom is 0.315 e. The third-order valence-electron chi connectivity index (χ3n) is 1.59. The Labute approximate surface area is 101 Å². The molecular formula is C11H20O4S. The van der Waals surface area contributed by atoms with Crippen molar-refractivity contribution < 1.29 is 19.1 Å². The molecule has 4 nitrogen and oxygen atoms in total. The molecule has 5 heteroatoms. The van der Waals surface area contributed by atoms with Crippen molar-refractivity contribution in [2.45, 2.75) is 45.0 Å². The van der Waals surface area contributed by atoms with Gasteiger partial charge in [0.1, 0.15) is 5.60 Å². The second-order valence-corrected chi connectivity index (χ2v) is 5.92. The summed E-state index contributed by atoms with van der Waals surface area (Å²) < 4.78 is 9.68. The lowest BCUT2D eigenvalue weighted by molar-refractivity contribution is -0.154. The van der Waals surface area contributed by atoms with Crippen LogP contribution in [0.25, 0.3) is 0 Å². The number of carbonyl (C=O) groups is 2. The van der Waals surface area contributed by atoms with Crippen LogP contribution in [0.15, 0.2) is 0 Å². The van der Waals surface area contributed by atoms with Gasteiger partial charge in [-0.25, -0.2) is 0 Å². The minimum Gasteiger partial charge on any atom is -0.468 e. The van der Waals surface area contributed by atoms with Crippen LogP contribution < -0.4 is 0 Å². The van der Waals surface area contributed by atoms with E-state index < -0.39 is 5.60 Å². The van der Waals surface area contributed by atoms with Crippen LogP contribution in [0.1, 0.15) is 34.1 Å². The molecule has 0 bridgehead atoms. The van der Waals surface area contributed by atoms with Gasteiger partial charge in [0.15, 0.2) is 0 Å². The topological polar surface area (TPSA) is 52.6 Å². The van der Waals surface area contributed by atoms with Crippen LogP contribution in [-0.2, 0) is 19.1 Å². The van der Waals surface area contributed by atoms with Gasteiger partial charge in [0, 0.05) is 5.25 Å². The quantitative estimate of drug-likeness (QED) is 0.697. The smallest absolute Gasteiger partial charge is 0.315 e. The fraction of sp³-hybridized carbons (Fsp3) is 0.818. The largest absolute Gasteiger partial charge is 0.468 e. The zero-order valence-electron chi connectivity index (χ0n) is 10.5. The van der Waals surface area contributed by atoms with E-state index in [-0.39, 0.29) is 22.9 Å². The molecule has 0 rings (SSSR count). The van der Waals surface area contributed by atoms with Gasteiger partial charge in [-0.1, -0.05) is 6.92 Å². The molecule has 94 valence electrons. The number of hydrogen-bond donors (Lipinski definition) is 0. The van der Waals surface area contributed by atoms with Crippen LogP contribution in [0.5, 0.6) is 0 Å². The normalized spacial score (nSPS) is 13.1. The summed E-state index contributed by atoms with van der Waals surface area (Å²) in [7, 11) is 1.35. The van der Waals surface area contributed by atoms with Crippen molar-refractivity contribution >= 4 is 23.7 Å². The molecule has 0 aromatic heterocycles. The Morgan fingerprint density at radius 3 is 2.25 bits per heavy atom. The van der Waals surface area contributed by atoms with Gasteiger partial charge < -0.3 is 9.47 Å². The van der Waals surface area contributed by atoms with Crippen LogP contribution in [0, 0.1) is 0 Å². The van der Waals surface area contributed by atoms with Gasteiger partial charge in [-0.3, -0.25) is 9.59 Å². The summed E-state index contributed by atoms with van der Waals surface area (Å²) in [6.45, 7) is 7.38. The number of carbonyl (C=O) groups excluding carboxylic acids is 2. The van der Waals surface area contributed by atoms with Gasteiger partial charge >= 0.3 is 11.9 Å². The first-order valence-electron chi connectivity index (χ1n) is 5.15. The average molecular weight is 248 g/mol. The zero-order chi connectivity index (χ0) is 12.8. The molecule has 0 aliphatic heterocycles. The van der Waals surface area contributed by atoms with Crippen molar-refractivity contribution in [1.82, 2.24) is 0 Å². The summed E-state index contributed by atoms with van der Waals surface area (Å²) in [4.78, 5) is 22.3. The molecule has 0 aliphatic rings. The van der Waals surface area contributed by atoms with Gasteiger partial charge in [-0.2, -0.15) is 0 Å². The first-order valence-corrected chi connectivity index (χ1v) is 6.19. The highest BCUT2D eigenvalue weighted by molar-refractivity contribution is 8.00. The number of rotatable bonds is 5. The van der Waals surface area contributed by atoms with Crippen LogP contribution in [-0.4, -0.2) is 35.7 Å². The summed E-state index contributed by atoms with van der Waals surface area (Å²) in [6.07, 6.45) is 0.304. The van der Waals surface area contributed by atoms with Gasteiger partial charge in [-0.15, -0.1) is 11.8 Å². The number of hydrogen-bond acceptors (Lipinski definition) is 5. The molecule has 1 unspecified atom stereocenters. The number of thioether (sulfide) groups is 1. The van der Waals surface area contributed by atoms with Gasteiger partial charge in [-0.05, 0) is 20.8 Å². The van der Waals surface area contributed by atoms with Gasteiger partial charge in [0.05, 0.1) is 19.3 Å². The monoisotopic (exact) mass is 248 g/mol. The van der Waals surface area contributed by atoms with E-state index in [0.29, 0.717) is 6.42 Å². The predicted molar refractivity (Wildman–Crippen MR) is 64.4 cm³/mol. The second kappa shape index (κ2) is 6.78. The highest BCUT2D eigenvalue weighted by Gasteiger charge is 2.19. The molecule has 0 radical (unpaired) electrons. The van der Waals surface area contributed by atoms with E-state index >= 15 is 0 Å². The van der Waals surface area contributed by atoms with E-state index in [4.69, 9.17) is 4.74 Å².